The zero-order valence-corrected chi connectivity index (χ0v) is 17.3. The number of likely N-dealkylation sites (tertiary alicyclic amines) is 1. The van der Waals surface area contributed by atoms with Gasteiger partial charge in [-0.3, -0.25) is 10.1 Å². The Morgan fingerprint density at radius 3 is 2.65 bits per heavy atom. The third-order valence-electron chi connectivity index (χ3n) is 4.38. The number of aromatic nitrogens is 1. The molecule has 0 unspecified atom stereocenters. The largest absolute Gasteiger partial charge is 0.573 e. The molecule has 2 amide bonds. The number of ether oxygens (including phenoxy) is 3. The van der Waals surface area contributed by atoms with Gasteiger partial charge < -0.3 is 19.1 Å². The van der Waals surface area contributed by atoms with Crippen molar-refractivity contribution in [3.05, 3.63) is 35.3 Å². The summed E-state index contributed by atoms with van der Waals surface area (Å²) in [6.45, 7) is 0.825. The Balaban J connectivity index is 1.47. The predicted molar refractivity (Wildman–Crippen MR) is 105 cm³/mol. The Labute approximate surface area is 179 Å². The molecule has 0 radical (unpaired) electrons. The number of halogens is 3. The van der Waals surface area contributed by atoms with Crippen molar-refractivity contribution in [2.75, 3.05) is 25.5 Å². The molecule has 0 atom stereocenters. The molecule has 1 aromatic heterocycles. The third-order valence-corrected chi connectivity index (χ3v) is 5.30. The van der Waals surface area contributed by atoms with Crippen LogP contribution in [0.2, 0.25) is 0 Å². The monoisotopic (exact) mass is 459 g/mol. The summed E-state index contributed by atoms with van der Waals surface area (Å²) in [4.78, 5) is 30.1. The average Bonchev–Trinajstić information content (AvgIpc) is 3.14. The number of carbonyl (C=O) groups is 2. The van der Waals surface area contributed by atoms with E-state index in [1.165, 1.54) is 42.8 Å². The van der Waals surface area contributed by atoms with E-state index in [1.807, 2.05) is 0 Å². The number of esters is 1. The van der Waals surface area contributed by atoms with Crippen molar-refractivity contribution in [1.82, 2.24) is 9.88 Å². The number of amides is 2. The molecule has 2 aromatic rings. The molecule has 3 rings (SSSR count). The molecular formula is C19H20F3N3O5S. The summed E-state index contributed by atoms with van der Waals surface area (Å²) in [5.41, 5.74) is 0. The number of carbonyl (C=O) groups excluding carboxylic acids is 2. The van der Waals surface area contributed by atoms with Gasteiger partial charge in [-0.2, -0.15) is 0 Å². The maximum Gasteiger partial charge on any atom is 0.573 e. The lowest BCUT2D eigenvalue weighted by atomic mass is 10.1. The SMILES string of the molecule is COC(=O)Cc1cnc(NC(=O)N2CCC(Oc3cccc(OC(F)(F)F)c3)CC2)s1. The number of urea groups is 1. The van der Waals surface area contributed by atoms with E-state index in [-0.39, 0.29) is 36.0 Å². The lowest BCUT2D eigenvalue weighted by molar-refractivity contribution is -0.274. The number of benzene rings is 1. The molecule has 0 bridgehead atoms. The van der Waals surface area contributed by atoms with Gasteiger partial charge in [0.05, 0.1) is 13.5 Å². The molecule has 1 aromatic carbocycles. The van der Waals surface area contributed by atoms with E-state index >= 15 is 0 Å². The number of rotatable bonds is 6. The minimum atomic E-state index is -4.77. The number of hydrogen-bond acceptors (Lipinski definition) is 7. The second-order valence-electron chi connectivity index (χ2n) is 6.64. The van der Waals surface area contributed by atoms with Gasteiger partial charge in [-0.15, -0.1) is 24.5 Å². The van der Waals surface area contributed by atoms with Crippen molar-refractivity contribution in [1.29, 1.82) is 0 Å². The van der Waals surface area contributed by atoms with E-state index in [4.69, 9.17) is 4.74 Å². The van der Waals surface area contributed by atoms with Gasteiger partial charge in [0.2, 0.25) is 0 Å². The van der Waals surface area contributed by atoms with E-state index in [2.05, 4.69) is 19.8 Å². The smallest absolute Gasteiger partial charge is 0.490 e. The minimum absolute atomic E-state index is 0.0853. The molecule has 31 heavy (non-hydrogen) atoms. The first-order valence-corrected chi connectivity index (χ1v) is 10.1. The molecule has 168 valence electrons. The van der Waals surface area contributed by atoms with E-state index in [1.54, 1.807) is 11.0 Å². The van der Waals surface area contributed by atoms with Crippen LogP contribution in [0, 0.1) is 0 Å². The molecule has 8 nitrogen and oxygen atoms in total. The number of alkyl halides is 3. The highest BCUT2D eigenvalue weighted by atomic mass is 32.1. The molecule has 12 heteroatoms. The summed E-state index contributed by atoms with van der Waals surface area (Å²) in [5.74, 6) is -0.471. The summed E-state index contributed by atoms with van der Waals surface area (Å²) >= 11 is 1.19. The van der Waals surface area contributed by atoms with Gasteiger partial charge in [0.1, 0.15) is 17.6 Å². The van der Waals surface area contributed by atoms with Crippen LogP contribution in [0.5, 0.6) is 11.5 Å². The zero-order valence-electron chi connectivity index (χ0n) is 16.5. The topological polar surface area (TPSA) is 90.0 Å². The molecular weight excluding hydrogens is 439 g/mol. The van der Waals surface area contributed by atoms with E-state index in [0.717, 1.165) is 0 Å². The second kappa shape index (κ2) is 9.86. The fourth-order valence-electron chi connectivity index (χ4n) is 2.95. The predicted octanol–water partition coefficient (Wildman–Crippen LogP) is 3.83. The highest BCUT2D eigenvalue weighted by Gasteiger charge is 2.31. The molecule has 1 fully saturated rings. The first kappa shape index (κ1) is 22.7. The van der Waals surface area contributed by atoms with Gasteiger partial charge in [0.25, 0.3) is 0 Å². The van der Waals surface area contributed by atoms with E-state index in [0.29, 0.717) is 35.9 Å². The third kappa shape index (κ3) is 7.02. The molecule has 1 N–H and O–H groups in total. The lowest BCUT2D eigenvalue weighted by Crippen LogP contribution is -2.43. The summed E-state index contributed by atoms with van der Waals surface area (Å²) in [7, 11) is 1.30. The van der Waals surface area contributed by atoms with Gasteiger partial charge in [0.15, 0.2) is 5.13 Å². The van der Waals surface area contributed by atoms with Crippen LogP contribution < -0.4 is 14.8 Å². The number of nitrogens with zero attached hydrogens (tertiary/aromatic N) is 2. The maximum atomic E-state index is 12.4. The van der Waals surface area contributed by atoms with Crippen molar-refractivity contribution in [2.24, 2.45) is 0 Å². The fourth-order valence-corrected chi connectivity index (χ4v) is 3.73. The normalized spacial score (nSPS) is 14.8. The van der Waals surface area contributed by atoms with Crippen LogP contribution in [0.1, 0.15) is 17.7 Å². The first-order valence-electron chi connectivity index (χ1n) is 9.32. The van der Waals surface area contributed by atoms with Crippen LogP contribution in [0.3, 0.4) is 0 Å². The van der Waals surface area contributed by atoms with Crippen molar-refractivity contribution in [3.8, 4) is 11.5 Å². The Bertz CT molecular complexity index is 913. The molecule has 0 spiro atoms. The van der Waals surface area contributed by atoms with Crippen LogP contribution in [0.25, 0.3) is 0 Å². The van der Waals surface area contributed by atoms with Crippen LogP contribution in [0.15, 0.2) is 30.5 Å². The van der Waals surface area contributed by atoms with Gasteiger partial charge in [-0.25, -0.2) is 9.78 Å². The average molecular weight is 459 g/mol. The van der Waals surface area contributed by atoms with Crippen LogP contribution in [-0.4, -0.2) is 54.5 Å². The number of hydrogen-bond donors (Lipinski definition) is 1. The summed E-state index contributed by atoms with van der Waals surface area (Å²) < 4.78 is 51.3. The quantitative estimate of drug-likeness (QED) is 0.661. The molecule has 1 aliphatic rings. The number of piperidine rings is 1. The molecule has 0 saturated carbocycles. The zero-order chi connectivity index (χ0) is 22.4. The fraction of sp³-hybridized carbons (Fsp3) is 0.421. The minimum Gasteiger partial charge on any atom is -0.490 e. The number of anilines is 1. The van der Waals surface area contributed by atoms with Crippen molar-refractivity contribution >= 4 is 28.5 Å². The lowest BCUT2D eigenvalue weighted by Gasteiger charge is -2.32. The van der Waals surface area contributed by atoms with Gasteiger partial charge in [0, 0.05) is 43.1 Å². The number of nitrogens with one attached hydrogen (secondary N) is 1. The standard InChI is InChI=1S/C19H20F3N3O5S/c1-28-16(26)10-15-11-23-17(31-15)24-18(27)25-7-5-12(6-8-25)29-13-3-2-4-14(9-13)30-19(20,21)22/h2-4,9,11-12H,5-8,10H2,1H3,(H,23,24,27). The van der Waals surface area contributed by atoms with Gasteiger partial charge >= 0.3 is 18.4 Å². The Morgan fingerprint density at radius 2 is 1.97 bits per heavy atom. The van der Waals surface area contributed by atoms with Crippen LogP contribution in [0.4, 0.5) is 23.1 Å². The summed E-state index contributed by atoms with van der Waals surface area (Å²) in [6, 6.07) is 5.03. The Kier molecular flexibility index (Phi) is 7.21. The number of methoxy groups -OCH3 is 1. The second-order valence-corrected chi connectivity index (χ2v) is 7.76. The highest BCUT2D eigenvalue weighted by molar-refractivity contribution is 7.15. The maximum absolute atomic E-state index is 12.4. The molecule has 2 heterocycles. The summed E-state index contributed by atoms with van der Waals surface area (Å²) in [6.07, 6.45) is -2.38. The van der Waals surface area contributed by atoms with Crippen molar-refractivity contribution in [2.45, 2.75) is 31.7 Å². The Morgan fingerprint density at radius 1 is 1.26 bits per heavy atom. The van der Waals surface area contributed by atoms with Crippen LogP contribution in [-0.2, 0) is 16.0 Å². The molecule has 1 aliphatic heterocycles. The molecule has 0 aliphatic carbocycles. The van der Waals surface area contributed by atoms with E-state index in [9.17, 15) is 22.8 Å². The number of thiazole rings is 1. The van der Waals surface area contributed by atoms with Gasteiger partial charge in [-0.1, -0.05) is 6.07 Å². The van der Waals surface area contributed by atoms with Gasteiger partial charge in [-0.05, 0) is 12.1 Å². The van der Waals surface area contributed by atoms with Crippen LogP contribution >= 0.6 is 11.3 Å². The van der Waals surface area contributed by atoms with Crippen molar-refractivity contribution < 1.29 is 37.0 Å². The summed E-state index contributed by atoms with van der Waals surface area (Å²) in [5, 5.41) is 3.07. The van der Waals surface area contributed by atoms with Crippen molar-refractivity contribution in [3.63, 3.8) is 0 Å². The van der Waals surface area contributed by atoms with E-state index < -0.39 is 6.36 Å². The Hall–Kier alpha value is -3.02. The highest BCUT2D eigenvalue weighted by Crippen LogP contribution is 2.28. The molecule has 1 saturated heterocycles. The first-order chi connectivity index (χ1) is 14.7.